The number of rotatable bonds is 0. The van der Waals surface area contributed by atoms with Gasteiger partial charge in [0.15, 0.2) is 0 Å². The normalized spacial score (nSPS) is 10.7. The molecule has 86 valence electrons. The van der Waals surface area contributed by atoms with Crippen LogP contribution in [0.3, 0.4) is 0 Å². The molecule has 0 aliphatic carbocycles. The molecule has 0 bridgehead atoms. The van der Waals surface area contributed by atoms with Gasteiger partial charge >= 0.3 is 0 Å². The van der Waals surface area contributed by atoms with E-state index in [2.05, 4.69) is 11.1 Å². The first-order chi connectivity index (χ1) is 8.70. The maximum Gasteiger partial charge on any atom is 0.256 e. The van der Waals surface area contributed by atoms with Crippen molar-refractivity contribution in [3.63, 3.8) is 0 Å². The Morgan fingerprint density at radius 2 is 2.00 bits per heavy atom. The molecule has 1 aromatic heterocycles. The van der Waals surface area contributed by atoms with E-state index in [9.17, 15) is 4.79 Å². The quantitative estimate of drug-likeness (QED) is 0.626. The van der Waals surface area contributed by atoms with E-state index in [1.54, 1.807) is 36.5 Å². The third-order valence-corrected chi connectivity index (χ3v) is 3.19. The van der Waals surface area contributed by atoms with Gasteiger partial charge < -0.3 is 4.98 Å². The summed E-state index contributed by atoms with van der Waals surface area (Å²) in [6, 6.07) is 10.8. The SMILES string of the molecule is N#Cc1cc2cc[nH]c(=O)c2c2cc(Cl)ccc12. The van der Waals surface area contributed by atoms with E-state index in [4.69, 9.17) is 16.9 Å². The summed E-state index contributed by atoms with van der Waals surface area (Å²) in [6.07, 6.45) is 1.57. The van der Waals surface area contributed by atoms with Crippen molar-refractivity contribution in [3.05, 3.63) is 57.5 Å². The number of nitrogens with zero attached hydrogens (tertiary/aromatic N) is 1. The molecule has 0 aliphatic rings. The van der Waals surface area contributed by atoms with Crippen molar-refractivity contribution in [1.82, 2.24) is 4.98 Å². The van der Waals surface area contributed by atoms with Crippen LogP contribution in [0.5, 0.6) is 0 Å². The van der Waals surface area contributed by atoms with Crippen LogP contribution in [-0.4, -0.2) is 4.98 Å². The van der Waals surface area contributed by atoms with Gasteiger partial charge in [-0.2, -0.15) is 5.26 Å². The van der Waals surface area contributed by atoms with E-state index in [1.165, 1.54) is 0 Å². The summed E-state index contributed by atoms with van der Waals surface area (Å²) >= 11 is 5.97. The van der Waals surface area contributed by atoms with Crippen LogP contribution in [0.15, 0.2) is 41.3 Å². The highest BCUT2D eigenvalue weighted by Gasteiger charge is 2.09. The zero-order valence-electron chi connectivity index (χ0n) is 9.20. The van der Waals surface area contributed by atoms with Crippen molar-refractivity contribution >= 4 is 33.1 Å². The molecule has 0 saturated heterocycles. The Labute approximate surface area is 107 Å². The molecule has 2 aromatic carbocycles. The minimum absolute atomic E-state index is 0.177. The van der Waals surface area contributed by atoms with Crippen molar-refractivity contribution in [1.29, 1.82) is 5.26 Å². The summed E-state index contributed by atoms with van der Waals surface area (Å²) in [5.74, 6) is 0. The summed E-state index contributed by atoms with van der Waals surface area (Å²) in [6.45, 7) is 0. The number of benzene rings is 2. The van der Waals surface area contributed by atoms with Gasteiger partial charge in [-0.25, -0.2) is 0 Å². The number of hydrogen-bond acceptors (Lipinski definition) is 2. The van der Waals surface area contributed by atoms with Gasteiger partial charge in [0.2, 0.25) is 0 Å². The minimum atomic E-state index is -0.177. The summed E-state index contributed by atoms with van der Waals surface area (Å²) in [4.78, 5) is 14.6. The number of halogens is 1. The highest BCUT2D eigenvalue weighted by Crippen LogP contribution is 2.28. The van der Waals surface area contributed by atoms with Crippen molar-refractivity contribution in [2.24, 2.45) is 0 Å². The van der Waals surface area contributed by atoms with Gasteiger partial charge in [0.25, 0.3) is 5.56 Å². The summed E-state index contributed by atoms with van der Waals surface area (Å²) in [5.41, 5.74) is 0.365. The van der Waals surface area contributed by atoms with Crippen LogP contribution in [0.1, 0.15) is 5.56 Å². The molecule has 0 radical (unpaired) electrons. The topological polar surface area (TPSA) is 56.6 Å². The lowest BCUT2D eigenvalue weighted by atomic mass is 9.99. The van der Waals surface area contributed by atoms with Crippen molar-refractivity contribution in [2.45, 2.75) is 0 Å². The molecule has 0 fully saturated rings. The first-order valence-corrected chi connectivity index (χ1v) is 5.72. The van der Waals surface area contributed by atoms with Gasteiger partial charge in [0.05, 0.1) is 17.0 Å². The van der Waals surface area contributed by atoms with Crippen LogP contribution in [0.25, 0.3) is 21.5 Å². The first-order valence-electron chi connectivity index (χ1n) is 5.34. The molecule has 3 nitrogen and oxygen atoms in total. The molecular formula is C14H7ClN2O. The standard InChI is InChI=1S/C14H7ClN2O/c15-10-1-2-11-9(7-16)5-8-3-4-17-14(18)13(8)12(11)6-10/h1-6H,(H,17,18). The zero-order valence-corrected chi connectivity index (χ0v) is 9.95. The van der Waals surface area contributed by atoms with E-state index >= 15 is 0 Å². The molecule has 0 atom stereocenters. The number of pyridine rings is 1. The monoisotopic (exact) mass is 254 g/mol. The van der Waals surface area contributed by atoms with Crippen LogP contribution < -0.4 is 5.56 Å². The molecular weight excluding hydrogens is 248 g/mol. The van der Waals surface area contributed by atoms with Crippen molar-refractivity contribution in [3.8, 4) is 6.07 Å². The molecule has 0 aliphatic heterocycles. The largest absolute Gasteiger partial charge is 0.329 e. The molecule has 3 aromatic rings. The molecule has 18 heavy (non-hydrogen) atoms. The van der Waals surface area contributed by atoms with Crippen LogP contribution >= 0.6 is 11.6 Å². The number of H-pyrrole nitrogens is 1. The second-order valence-electron chi connectivity index (χ2n) is 4.00. The third kappa shape index (κ3) is 1.47. The van der Waals surface area contributed by atoms with Crippen LogP contribution in [0, 0.1) is 11.3 Å². The molecule has 1 N–H and O–H groups in total. The lowest BCUT2D eigenvalue weighted by Gasteiger charge is -2.05. The Hall–Kier alpha value is -2.31. The summed E-state index contributed by atoms with van der Waals surface area (Å²) in [7, 11) is 0. The van der Waals surface area contributed by atoms with E-state index in [0.717, 1.165) is 10.8 Å². The van der Waals surface area contributed by atoms with Gasteiger partial charge in [0, 0.05) is 16.6 Å². The Balaban J connectivity index is 2.70. The van der Waals surface area contributed by atoms with Gasteiger partial charge in [-0.05, 0) is 35.0 Å². The molecule has 0 saturated carbocycles. The number of aromatic amines is 1. The summed E-state index contributed by atoms with van der Waals surface area (Å²) in [5, 5.41) is 12.5. The van der Waals surface area contributed by atoms with E-state index in [-0.39, 0.29) is 5.56 Å². The lowest BCUT2D eigenvalue weighted by Crippen LogP contribution is -2.05. The highest BCUT2D eigenvalue weighted by atomic mass is 35.5. The van der Waals surface area contributed by atoms with Gasteiger partial charge in [-0.3, -0.25) is 4.79 Å². The second-order valence-corrected chi connectivity index (χ2v) is 4.43. The molecule has 1 heterocycles. The van der Waals surface area contributed by atoms with Gasteiger partial charge in [0.1, 0.15) is 0 Å². The van der Waals surface area contributed by atoms with Crippen LogP contribution in [0.4, 0.5) is 0 Å². The smallest absolute Gasteiger partial charge is 0.256 e. The predicted molar refractivity (Wildman–Crippen MR) is 71.8 cm³/mol. The summed E-state index contributed by atoms with van der Waals surface area (Å²) < 4.78 is 0. The third-order valence-electron chi connectivity index (χ3n) is 2.95. The van der Waals surface area contributed by atoms with Gasteiger partial charge in [-0.1, -0.05) is 17.7 Å². The van der Waals surface area contributed by atoms with Crippen molar-refractivity contribution < 1.29 is 0 Å². The molecule has 4 heteroatoms. The molecule has 3 rings (SSSR count). The van der Waals surface area contributed by atoms with Crippen LogP contribution in [-0.2, 0) is 0 Å². The maximum atomic E-state index is 11.9. The first kappa shape index (κ1) is 10.8. The number of hydrogen-bond donors (Lipinski definition) is 1. The van der Waals surface area contributed by atoms with E-state index in [0.29, 0.717) is 21.4 Å². The molecule has 0 unspecified atom stereocenters. The predicted octanol–water partition coefficient (Wildman–Crippen LogP) is 3.21. The second kappa shape index (κ2) is 3.86. The minimum Gasteiger partial charge on any atom is -0.329 e. The van der Waals surface area contributed by atoms with E-state index in [1.807, 2.05) is 0 Å². The fourth-order valence-electron chi connectivity index (χ4n) is 2.18. The Morgan fingerprint density at radius 3 is 2.78 bits per heavy atom. The highest BCUT2D eigenvalue weighted by molar-refractivity contribution is 6.32. The van der Waals surface area contributed by atoms with Crippen molar-refractivity contribution in [2.75, 3.05) is 0 Å². The Kier molecular flexibility index (Phi) is 2.32. The average Bonchev–Trinajstić information content (AvgIpc) is 2.37. The number of fused-ring (bicyclic) bond motifs is 3. The van der Waals surface area contributed by atoms with Crippen LogP contribution in [0.2, 0.25) is 5.02 Å². The maximum absolute atomic E-state index is 11.9. The number of nitriles is 1. The molecule has 0 amide bonds. The molecule has 0 spiro atoms. The fourth-order valence-corrected chi connectivity index (χ4v) is 2.35. The van der Waals surface area contributed by atoms with E-state index < -0.39 is 0 Å². The lowest BCUT2D eigenvalue weighted by molar-refractivity contribution is 1.28. The Bertz CT molecular complexity index is 874. The average molecular weight is 255 g/mol. The number of aromatic nitrogens is 1. The van der Waals surface area contributed by atoms with Gasteiger partial charge in [-0.15, -0.1) is 0 Å². The Morgan fingerprint density at radius 1 is 1.17 bits per heavy atom. The zero-order chi connectivity index (χ0) is 12.7. The number of nitrogens with one attached hydrogen (secondary N) is 1. The fraction of sp³-hybridized carbons (Fsp3) is 0.